The Bertz CT molecular complexity index is 606. The van der Waals surface area contributed by atoms with Gasteiger partial charge in [-0.2, -0.15) is 0 Å². The molecule has 1 aliphatic carbocycles. The Labute approximate surface area is 124 Å². The second kappa shape index (κ2) is 5.94. The van der Waals surface area contributed by atoms with Gasteiger partial charge >= 0.3 is 5.00 Å². The van der Waals surface area contributed by atoms with Crippen molar-refractivity contribution in [1.82, 2.24) is 15.5 Å². The second-order valence-corrected chi connectivity index (χ2v) is 6.85. The molecule has 1 fully saturated rings. The number of nitrogens with zero attached hydrogens (tertiary/aromatic N) is 3. The monoisotopic (exact) mass is 310 g/mol. The van der Waals surface area contributed by atoms with Crippen LogP contribution in [0.3, 0.4) is 0 Å². The van der Waals surface area contributed by atoms with Crippen molar-refractivity contribution in [2.24, 2.45) is 0 Å². The minimum Gasteiger partial charge on any atom is -0.314 e. The van der Waals surface area contributed by atoms with E-state index in [1.807, 2.05) is 0 Å². The van der Waals surface area contributed by atoms with Gasteiger partial charge in [-0.3, -0.25) is 10.1 Å². The predicted octanol–water partition coefficient (Wildman–Crippen LogP) is 2.86. The normalized spacial score (nSPS) is 14.6. The van der Waals surface area contributed by atoms with Gasteiger partial charge in [-0.15, -0.1) is 10.2 Å². The van der Waals surface area contributed by atoms with Gasteiger partial charge in [0.1, 0.15) is 5.01 Å². The topological polar surface area (TPSA) is 81.0 Å². The number of nitrogens with one attached hydrogen (secondary N) is 1. The van der Waals surface area contributed by atoms with Crippen LogP contribution in [0.15, 0.2) is 12.1 Å². The van der Waals surface area contributed by atoms with Gasteiger partial charge in [0.25, 0.3) is 0 Å². The van der Waals surface area contributed by atoms with Gasteiger partial charge in [0.2, 0.25) is 0 Å². The largest absolute Gasteiger partial charge is 0.324 e. The lowest BCUT2D eigenvalue weighted by molar-refractivity contribution is -0.380. The van der Waals surface area contributed by atoms with Gasteiger partial charge in [0, 0.05) is 18.5 Å². The van der Waals surface area contributed by atoms with Crippen LogP contribution in [-0.2, 0) is 6.42 Å². The van der Waals surface area contributed by atoms with Crippen LogP contribution in [0.4, 0.5) is 5.00 Å². The van der Waals surface area contributed by atoms with E-state index in [-0.39, 0.29) is 9.92 Å². The lowest BCUT2D eigenvalue weighted by atomic mass is 10.3. The quantitative estimate of drug-likeness (QED) is 0.483. The highest BCUT2D eigenvalue weighted by Gasteiger charge is 2.19. The fourth-order valence-electron chi connectivity index (χ4n) is 1.83. The van der Waals surface area contributed by atoms with Crippen molar-refractivity contribution in [1.29, 1.82) is 0 Å². The van der Waals surface area contributed by atoms with Crippen molar-refractivity contribution in [2.75, 3.05) is 6.54 Å². The van der Waals surface area contributed by atoms with Crippen molar-refractivity contribution in [3.8, 4) is 9.88 Å². The molecule has 6 nitrogen and oxygen atoms in total. The molecule has 2 heterocycles. The number of aromatic nitrogens is 2. The Balaban J connectivity index is 1.55. The van der Waals surface area contributed by atoms with Crippen molar-refractivity contribution in [3.05, 3.63) is 27.3 Å². The van der Waals surface area contributed by atoms with Crippen LogP contribution in [0, 0.1) is 10.1 Å². The van der Waals surface area contributed by atoms with E-state index in [0.717, 1.165) is 51.7 Å². The first kappa shape index (κ1) is 13.6. The molecule has 0 aromatic carbocycles. The van der Waals surface area contributed by atoms with Gasteiger partial charge < -0.3 is 5.32 Å². The molecule has 3 rings (SSSR count). The zero-order valence-corrected chi connectivity index (χ0v) is 12.4. The van der Waals surface area contributed by atoms with Crippen LogP contribution in [-0.4, -0.2) is 27.7 Å². The smallest absolute Gasteiger partial charge is 0.314 e. The van der Waals surface area contributed by atoms with Crippen molar-refractivity contribution in [3.63, 3.8) is 0 Å². The lowest BCUT2D eigenvalue weighted by Gasteiger charge is -1.99. The van der Waals surface area contributed by atoms with E-state index in [4.69, 9.17) is 0 Å². The lowest BCUT2D eigenvalue weighted by Crippen LogP contribution is -2.17. The molecule has 0 bridgehead atoms. The highest BCUT2D eigenvalue weighted by Crippen LogP contribution is 2.34. The summed E-state index contributed by atoms with van der Waals surface area (Å²) in [6.07, 6.45) is 4.57. The van der Waals surface area contributed by atoms with Crippen LogP contribution < -0.4 is 5.32 Å². The Hall–Kier alpha value is -1.38. The average Bonchev–Trinajstić information content (AvgIpc) is 2.93. The first-order valence-electron chi connectivity index (χ1n) is 6.53. The summed E-state index contributed by atoms with van der Waals surface area (Å²) in [6, 6.07) is 3.99. The molecule has 0 aliphatic heterocycles. The molecule has 1 aliphatic rings. The van der Waals surface area contributed by atoms with E-state index in [1.54, 1.807) is 6.07 Å². The first-order valence-corrected chi connectivity index (χ1v) is 8.16. The van der Waals surface area contributed by atoms with E-state index in [1.165, 1.54) is 30.2 Å². The number of hydrogen-bond acceptors (Lipinski definition) is 7. The summed E-state index contributed by atoms with van der Waals surface area (Å²) in [5.41, 5.74) is 0. The minimum atomic E-state index is -0.375. The van der Waals surface area contributed by atoms with Crippen LogP contribution in [0.5, 0.6) is 0 Å². The van der Waals surface area contributed by atoms with Crippen LogP contribution in [0.25, 0.3) is 9.88 Å². The molecular formula is C12H14N4O2S2. The molecule has 8 heteroatoms. The molecule has 2 aromatic heterocycles. The summed E-state index contributed by atoms with van der Waals surface area (Å²) >= 11 is 2.67. The van der Waals surface area contributed by atoms with Crippen molar-refractivity contribution < 1.29 is 4.92 Å². The Kier molecular flexibility index (Phi) is 4.04. The molecular weight excluding hydrogens is 296 g/mol. The molecule has 20 heavy (non-hydrogen) atoms. The van der Waals surface area contributed by atoms with E-state index in [9.17, 15) is 10.1 Å². The molecule has 0 amide bonds. The summed E-state index contributed by atoms with van der Waals surface area (Å²) in [5.74, 6) is 0. The summed E-state index contributed by atoms with van der Waals surface area (Å²) in [7, 11) is 0. The number of nitro groups is 1. The van der Waals surface area contributed by atoms with Crippen molar-refractivity contribution in [2.45, 2.75) is 31.7 Å². The molecule has 0 radical (unpaired) electrons. The third-order valence-electron chi connectivity index (χ3n) is 3.03. The number of rotatable bonds is 7. The number of thiophene rings is 1. The molecule has 0 spiro atoms. The SMILES string of the molecule is O=[N+]([O-])c1ccc(-c2nnc(CCCNC3CC3)s2)s1. The number of aryl methyl sites for hydroxylation is 1. The van der Waals surface area contributed by atoms with E-state index < -0.39 is 0 Å². The molecule has 106 valence electrons. The fraction of sp³-hybridized carbons (Fsp3) is 0.500. The van der Waals surface area contributed by atoms with Gasteiger partial charge in [-0.25, -0.2) is 0 Å². The fourth-order valence-corrected chi connectivity index (χ4v) is 3.58. The van der Waals surface area contributed by atoms with Gasteiger partial charge in [-0.1, -0.05) is 22.7 Å². The van der Waals surface area contributed by atoms with E-state index in [2.05, 4.69) is 15.5 Å². The summed E-state index contributed by atoms with van der Waals surface area (Å²) in [5, 5.41) is 24.3. The summed E-state index contributed by atoms with van der Waals surface area (Å²) < 4.78 is 0. The zero-order chi connectivity index (χ0) is 13.9. The molecule has 1 saturated carbocycles. The highest BCUT2D eigenvalue weighted by molar-refractivity contribution is 7.23. The maximum atomic E-state index is 10.7. The molecule has 0 saturated heterocycles. The average molecular weight is 310 g/mol. The Morgan fingerprint density at radius 1 is 1.35 bits per heavy atom. The van der Waals surface area contributed by atoms with Crippen LogP contribution >= 0.6 is 22.7 Å². The third-order valence-corrected chi connectivity index (χ3v) is 5.22. The van der Waals surface area contributed by atoms with Gasteiger partial charge in [-0.05, 0) is 31.9 Å². The molecule has 1 N–H and O–H groups in total. The van der Waals surface area contributed by atoms with Gasteiger partial charge in [0.05, 0.1) is 9.80 Å². The van der Waals surface area contributed by atoms with E-state index in [0.29, 0.717) is 0 Å². The maximum Gasteiger partial charge on any atom is 0.324 e. The summed E-state index contributed by atoms with van der Waals surface area (Å²) in [4.78, 5) is 11.1. The Morgan fingerprint density at radius 2 is 2.20 bits per heavy atom. The summed E-state index contributed by atoms with van der Waals surface area (Å²) in [6.45, 7) is 1.02. The van der Waals surface area contributed by atoms with E-state index >= 15 is 0 Å². The molecule has 2 aromatic rings. The molecule has 0 unspecified atom stereocenters. The zero-order valence-electron chi connectivity index (χ0n) is 10.7. The van der Waals surface area contributed by atoms with Crippen LogP contribution in [0.1, 0.15) is 24.3 Å². The number of hydrogen-bond donors (Lipinski definition) is 1. The first-order chi connectivity index (χ1) is 9.72. The van der Waals surface area contributed by atoms with Crippen LogP contribution in [0.2, 0.25) is 0 Å². The highest BCUT2D eigenvalue weighted by atomic mass is 32.1. The second-order valence-electron chi connectivity index (χ2n) is 4.73. The predicted molar refractivity (Wildman–Crippen MR) is 79.2 cm³/mol. The minimum absolute atomic E-state index is 0.144. The maximum absolute atomic E-state index is 10.7. The van der Waals surface area contributed by atoms with Crippen molar-refractivity contribution >= 4 is 27.7 Å². The Morgan fingerprint density at radius 3 is 2.90 bits per heavy atom. The third kappa shape index (κ3) is 3.38. The standard InChI is InChI=1S/C12H14N4O2S2/c17-16(18)11-6-5-9(19-11)12-15-14-10(20-12)2-1-7-13-8-3-4-8/h5-6,8,13H,1-4,7H2. The van der Waals surface area contributed by atoms with Gasteiger partial charge in [0.15, 0.2) is 5.01 Å². The molecule has 0 atom stereocenters.